The SMILES string of the molecule is COc1ncccc1CNC(CO)c1ccc(Cl)c(F)c1. The summed E-state index contributed by atoms with van der Waals surface area (Å²) in [5, 5.41) is 12.7. The van der Waals surface area contributed by atoms with Gasteiger partial charge in [-0.1, -0.05) is 23.7 Å². The molecule has 0 aliphatic heterocycles. The van der Waals surface area contributed by atoms with E-state index in [1.807, 2.05) is 6.07 Å². The molecule has 1 aromatic heterocycles. The lowest BCUT2D eigenvalue weighted by Crippen LogP contribution is -2.24. The number of halogens is 2. The van der Waals surface area contributed by atoms with Crippen LogP contribution in [0.5, 0.6) is 5.88 Å². The summed E-state index contributed by atoms with van der Waals surface area (Å²) >= 11 is 5.66. The third-order valence-corrected chi connectivity index (χ3v) is 3.42. The first kappa shape index (κ1) is 15.7. The topological polar surface area (TPSA) is 54.4 Å². The Labute approximate surface area is 127 Å². The van der Waals surface area contributed by atoms with Crippen molar-refractivity contribution in [2.75, 3.05) is 13.7 Å². The van der Waals surface area contributed by atoms with Gasteiger partial charge in [0.1, 0.15) is 5.82 Å². The maximum Gasteiger partial charge on any atom is 0.217 e. The maximum absolute atomic E-state index is 13.5. The molecule has 1 atom stereocenters. The number of nitrogens with one attached hydrogen (secondary N) is 1. The Bertz CT molecular complexity index is 610. The lowest BCUT2D eigenvalue weighted by molar-refractivity contribution is 0.242. The van der Waals surface area contributed by atoms with Crippen molar-refractivity contribution in [1.29, 1.82) is 0 Å². The first-order valence-electron chi connectivity index (χ1n) is 6.42. The van der Waals surface area contributed by atoms with Gasteiger partial charge in [-0.3, -0.25) is 0 Å². The fourth-order valence-corrected chi connectivity index (χ4v) is 2.11. The van der Waals surface area contributed by atoms with Crippen molar-refractivity contribution in [3.63, 3.8) is 0 Å². The molecule has 0 saturated heterocycles. The van der Waals surface area contributed by atoms with E-state index in [0.29, 0.717) is 18.0 Å². The number of hydrogen-bond acceptors (Lipinski definition) is 4. The molecule has 1 heterocycles. The average Bonchev–Trinajstić information content (AvgIpc) is 2.51. The number of pyridine rings is 1. The average molecular weight is 311 g/mol. The van der Waals surface area contributed by atoms with E-state index in [9.17, 15) is 9.50 Å². The second kappa shape index (κ2) is 7.36. The van der Waals surface area contributed by atoms with Crippen LogP contribution in [-0.4, -0.2) is 23.8 Å². The molecule has 6 heteroatoms. The molecule has 4 nitrogen and oxygen atoms in total. The second-order valence-electron chi connectivity index (χ2n) is 4.46. The minimum absolute atomic E-state index is 0.0596. The fraction of sp³-hybridized carbons (Fsp3) is 0.267. The summed E-state index contributed by atoms with van der Waals surface area (Å²) < 4.78 is 18.6. The molecule has 2 N–H and O–H groups in total. The molecule has 0 spiro atoms. The van der Waals surface area contributed by atoms with Gasteiger partial charge < -0.3 is 15.2 Å². The van der Waals surface area contributed by atoms with Crippen molar-refractivity contribution in [2.45, 2.75) is 12.6 Å². The van der Waals surface area contributed by atoms with E-state index in [-0.39, 0.29) is 11.6 Å². The lowest BCUT2D eigenvalue weighted by Gasteiger charge is -2.17. The van der Waals surface area contributed by atoms with Crippen molar-refractivity contribution in [3.8, 4) is 5.88 Å². The summed E-state index contributed by atoms with van der Waals surface area (Å²) in [6.07, 6.45) is 1.64. The minimum atomic E-state index is -0.506. The number of benzene rings is 1. The quantitative estimate of drug-likeness (QED) is 0.861. The van der Waals surface area contributed by atoms with Crippen LogP contribution >= 0.6 is 11.6 Å². The molecular formula is C15H16ClFN2O2. The minimum Gasteiger partial charge on any atom is -0.481 e. The number of aromatic nitrogens is 1. The molecule has 1 unspecified atom stereocenters. The first-order chi connectivity index (χ1) is 10.2. The van der Waals surface area contributed by atoms with Gasteiger partial charge in [-0.05, 0) is 23.8 Å². The molecule has 2 aromatic rings. The van der Waals surface area contributed by atoms with Gasteiger partial charge in [0.05, 0.1) is 24.8 Å². The van der Waals surface area contributed by atoms with Crippen LogP contribution in [-0.2, 0) is 6.54 Å². The molecule has 21 heavy (non-hydrogen) atoms. The summed E-state index contributed by atoms with van der Waals surface area (Å²) in [6, 6.07) is 7.74. The third kappa shape index (κ3) is 3.91. The largest absolute Gasteiger partial charge is 0.481 e. The van der Waals surface area contributed by atoms with Crippen molar-refractivity contribution in [2.24, 2.45) is 0 Å². The van der Waals surface area contributed by atoms with Gasteiger partial charge in [0, 0.05) is 18.3 Å². The van der Waals surface area contributed by atoms with Crippen LogP contribution in [0.2, 0.25) is 5.02 Å². The zero-order valence-corrected chi connectivity index (χ0v) is 12.3. The van der Waals surface area contributed by atoms with Gasteiger partial charge in [0.2, 0.25) is 5.88 Å². The highest BCUT2D eigenvalue weighted by atomic mass is 35.5. The molecule has 0 aliphatic rings. The summed E-state index contributed by atoms with van der Waals surface area (Å²) in [6.45, 7) is 0.274. The van der Waals surface area contributed by atoms with Gasteiger partial charge >= 0.3 is 0 Å². The Balaban J connectivity index is 2.10. The van der Waals surface area contributed by atoms with Crippen LogP contribution in [0.1, 0.15) is 17.2 Å². The Morgan fingerprint density at radius 1 is 1.43 bits per heavy atom. The molecule has 0 radical (unpaired) electrons. The van der Waals surface area contributed by atoms with Crippen LogP contribution in [0.15, 0.2) is 36.5 Å². The van der Waals surface area contributed by atoms with Crippen LogP contribution < -0.4 is 10.1 Å². The monoisotopic (exact) mass is 310 g/mol. The molecule has 1 aromatic carbocycles. The fourth-order valence-electron chi connectivity index (χ4n) is 1.99. The predicted molar refractivity (Wildman–Crippen MR) is 78.9 cm³/mol. The van der Waals surface area contributed by atoms with Gasteiger partial charge in [0.25, 0.3) is 0 Å². The Morgan fingerprint density at radius 2 is 2.24 bits per heavy atom. The van der Waals surface area contributed by atoms with Gasteiger partial charge in [-0.2, -0.15) is 0 Å². The number of methoxy groups -OCH3 is 1. The summed E-state index contributed by atoms with van der Waals surface area (Å²) in [4.78, 5) is 4.10. The normalized spacial score (nSPS) is 12.2. The highest BCUT2D eigenvalue weighted by Gasteiger charge is 2.13. The van der Waals surface area contributed by atoms with Gasteiger partial charge in [-0.25, -0.2) is 9.37 Å². The smallest absolute Gasteiger partial charge is 0.217 e. The predicted octanol–water partition coefficient (Wildman–Crippen LogP) is 2.71. The molecule has 0 amide bonds. The van der Waals surface area contributed by atoms with E-state index >= 15 is 0 Å². The van der Waals surface area contributed by atoms with Crippen LogP contribution in [0.3, 0.4) is 0 Å². The third-order valence-electron chi connectivity index (χ3n) is 3.11. The van der Waals surface area contributed by atoms with E-state index in [2.05, 4.69) is 10.3 Å². The Kier molecular flexibility index (Phi) is 5.50. The molecular weight excluding hydrogens is 295 g/mol. The van der Waals surface area contributed by atoms with Crippen molar-refractivity contribution in [1.82, 2.24) is 10.3 Å². The number of aliphatic hydroxyl groups excluding tert-OH is 1. The van der Waals surface area contributed by atoms with Crippen molar-refractivity contribution < 1.29 is 14.2 Å². The summed E-state index contributed by atoms with van der Waals surface area (Å²) in [5.41, 5.74) is 1.48. The Morgan fingerprint density at radius 3 is 2.90 bits per heavy atom. The van der Waals surface area contributed by atoms with E-state index in [4.69, 9.17) is 16.3 Å². The van der Waals surface area contributed by atoms with E-state index in [1.54, 1.807) is 25.4 Å². The highest BCUT2D eigenvalue weighted by molar-refractivity contribution is 6.30. The number of ether oxygens (including phenoxy) is 1. The van der Waals surface area contributed by atoms with Crippen molar-refractivity contribution in [3.05, 3.63) is 58.5 Å². The number of rotatable bonds is 6. The summed E-state index contributed by atoms with van der Waals surface area (Å²) in [5.74, 6) is 0.0114. The van der Waals surface area contributed by atoms with Gasteiger partial charge in [-0.15, -0.1) is 0 Å². The van der Waals surface area contributed by atoms with Crippen LogP contribution in [0.25, 0.3) is 0 Å². The molecule has 0 aliphatic carbocycles. The zero-order chi connectivity index (χ0) is 15.2. The molecule has 0 fully saturated rings. The number of nitrogens with zero attached hydrogens (tertiary/aromatic N) is 1. The van der Waals surface area contributed by atoms with Gasteiger partial charge in [0.15, 0.2) is 0 Å². The van der Waals surface area contributed by atoms with Crippen LogP contribution in [0, 0.1) is 5.82 Å². The standard InChI is InChI=1S/C15H16ClFN2O2/c1-21-15-11(3-2-6-18-15)8-19-14(9-20)10-4-5-12(16)13(17)7-10/h2-7,14,19-20H,8-9H2,1H3. The van der Waals surface area contributed by atoms with E-state index in [0.717, 1.165) is 5.56 Å². The molecule has 0 saturated carbocycles. The van der Waals surface area contributed by atoms with E-state index < -0.39 is 11.9 Å². The van der Waals surface area contributed by atoms with E-state index in [1.165, 1.54) is 12.1 Å². The Hall–Kier alpha value is -1.69. The molecule has 112 valence electrons. The first-order valence-corrected chi connectivity index (χ1v) is 6.80. The van der Waals surface area contributed by atoms with Crippen molar-refractivity contribution >= 4 is 11.6 Å². The zero-order valence-electron chi connectivity index (χ0n) is 11.5. The molecule has 2 rings (SSSR count). The summed E-state index contributed by atoms with van der Waals surface area (Å²) in [7, 11) is 1.55. The van der Waals surface area contributed by atoms with Crippen LogP contribution in [0.4, 0.5) is 4.39 Å². The number of aliphatic hydroxyl groups is 1. The highest BCUT2D eigenvalue weighted by Crippen LogP contribution is 2.21. The number of hydrogen-bond donors (Lipinski definition) is 2. The molecule has 0 bridgehead atoms. The lowest BCUT2D eigenvalue weighted by atomic mass is 10.1. The maximum atomic E-state index is 13.5. The second-order valence-corrected chi connectivity index (χ2v) is 4.87.